The lowest BCUT2D eigenvalue weighted by molar-refractivity contribution is -0.0657. The topological polar surface area (TPSA) is 62.3 Å². The molecule has 2 aliphatic heterocycles. The van der Waals surface area contributed by atoms with Gasteiger partial charge >= 0.3 is 0 Å². The fourth-order valence-corrected chi connectivity index (χ4v) is 1.72. The number of ether oxygens (including phenoxy) is 2. The number of nitrogens with zero attached hydrogens (tertiary/aromatic N) is 2. The van der Waals surface area contributed by atoms with Crippen molar-refractivity contribution in [2.45, 2.75) is 18.2 Å². The summed E-state index contributed by atoms with van der Waals surface area (Å²) in [5.74, 6) is 2.10. The predicted molar refractivity (Wildman–Crippen MR) is 49.9 cm³/mol. The van der Waals surface area contributed by atoms with Gasteiger partial charge in [0.1, 0.15) is 12.0 Å². The minimum absolute atomic E-state index is 0.181. The minimum atomic E-state index is -0.854. The number of methoxy groups -OCH3 is 1. The lowest BCUT2D eigenvalue weighted by atomic mass is 10.1. The van der Waals surface area contributed by atoms with Gasteiger partial charge < -0.3 is 9.47 Å². The minimum Gasteiger partial charge on any atom is -0.469 e. The molecule has 0 bridgehead atoms. The van der Waals surface area contributed by atoms with Crippen molar-refractivity contribution in [2.75, 3.05) is 13.7 Å². The highest BCUT2D eigenvalue weighted by Crippen LogP contribution is 2.39. The van der Waals surface area contributed by atoms with Gasteiger partial charge in [-0.15, -0.1) is 0 Å². The van der Waals surface area contributed by atoms with Gasteiger partial charge in [0.2, 0.25) is 5.72 Å². The van der Waals surface area contributed by atoms with E-state index < -0.39 is 5.72 Å². The van der Waals surface area contributed by atoms with Gasteiger partial charge in [-0.1, -0.05) is 0 Å². The number of hydrogen-bond acceptors (Lipinski definition) is 5. The molecule has 15 heavy (non-hydrogen) atoms. The fourth-order valence-electron chi connectivity index (χ4n) is 1.72. The second-order valence-corrected chi connectivity index (χ2v) is 3.44. The highest BCUT2D eigenvalue weighted by atomic mass is 16.7. The van der Waals surface area contributed by atoms with E-state index in [2.05, 4.69) is 6.07 Å². The van der Waals surface area contributed by atoms with Crippen molar-refractivity contribution in [3.63, 3.8) is 0 Å². The summed E-state index contributed by atoms with van der Waals surface area (Å²) in [6.45, 7) is 0.611. The Balaban J connectivity index is 2.16. The molecule has 78 valence electrons. The molecular formula is C10H10N2O3. The maximum absolute atomic E-state index is 10.5. The first kappa shape index (κ1) is 9.78. The maximum Gasteiger partial charge on any atom is 0.276 e. The lowest BCUT2D eigenvalue weighted by Gasteiger charge is -2.25. The van der Waals surface area contributed by atoms with Crippen LogP contribution in [0.1, 0.15) is 6.42 Å². The summed E-state index contributed by atoms with van der Waals surface area (Å²) in [6, 6.07) is 1.93. The molecule has 5 nitrogen and oxygen atoms in total. The summed E-state index contributed by atoms with van der Waals surface area (Å²) >= 11 is 0. The zero-order valence-electron chi connectivity index (χ0n) is 8.27. The van der Waals surface area contributed by atoms with E-state index in [4.69, 9.17) is 14.7 Å². The molecule has 0 spiro atoms. The zero-order chi connectivity index (χ0) is 10.9. The van der Waals surface area contributed by atoms with Gasteiger partial charge in [-0.25, -0.2) is 9.69 Å². The molecule has 0 N–H and O–H groups in total. The largest absolute Gasteiger partial charge is 0.469 e. The first-order valence-electron chi connectivity index (χ1n) is 4.57. The fraction of sp³-hybridized carbons (Fsp3) is 0.500. The molecule has 0 radical (unpaired) electrons. The van der Waals surface area contributed by atoms with Crippen LogP contribution < -0.4 is 0 Å². The van der Waals surface area contributed by atoms with Crippen molar-refractivity contribution in [1.29, 1.82) is 5.26 Å². The Morgan fingerprint density at radius 3 is 3.13 bits per heavy atom. The molecule has 3 atom stereocenters. The lowest BCUT2D eigenvalue weighted by Crippen LogP contribution is -2.36. The van der Waals surface area contributed by atoms with E-state index in [9.17, 15) is 4.79 Å². The van der Waals surface area contributed by atoms with Crippen molar-refractivity contribution in [2.24, 2.45) is 0 Å². The van der Waals surface area contributed by atoms with E-state index in [0.717, 1.165) is 0 Å². The predicted octanol–water partition coefficient (Wildman–Crippen LogP) is 0.186. The summed E-state index contributed by atoms with van der Waals surface area (Å²) in [6.07, 6.45) is 3.55. The molecule has 0 saturated carbocycles. The third-order valence-electron chi connectivity index (χ3n) is 2.57. The van der Waals surface area contributed by atoms with Crippen LogP contribution in [-0.2, 0) is 14.3 Å². The SMILES string of the molecule is COC1=CCC(C=C=O)(N2CC2C#N)O1. The van der Waals surface area contributed by atoms with Crippen LogP contribution in [0.15, 0.2) is 18.1 Å². The molecular weight excluding hydrogens is 196 g/mol. The quantitative estimate of drug-likeness (QED) is 0.487. The highest BCUT2D eigenvalue weighted by Gasteiger charge is 2.53. The highest BCUT2D eigenvalue weighted by molar-refractivity contribution is 5.49. The first-order valence-corrected chi connectivity index (χ1v) is 4.57. The Kier molecular flexibility index (Phi) is 2.24. The average Bonchev–Trinajstić information content (AvgIpc) is 2.95. The van der Waals surface area contributed by atoms with Gasteiger partial charge in [0, 0.05) is 19.0 Å². The van der Waals surface area contributed by atoms with Crippen molar-refractivity contribution in [3.05, 3.63) is 18.1 Å². The second-order valence-electron chi connectivity index (χ2n) is 3.44. The first-order chi connectivity index (χ1) is 7.25. The molecule has 1 fully saturated rings. The molecule has 0 amide bonds. The van der Waals surface area contributed by atoms with Crippen molar-refractivity contribution < 1.29 is 14.3 Å². The van der Waals surface area contributed by atoms with Gasteiger partial charge in [0.15, 0.2) is 0 Å². The number of hydrogen-bond donors (Lipinski definition) is 0. The number of nitriles is 1. The van der Waals surface area contributed by atoms with Gasteiger partial charge in [0.25, 0.3) is 5.95 Å². The van der Waals surface area contributed by atoms with Crippen LogP contribution in [0.2, 0.25) is 0 Å². The Labute approximate surface area is 87.2 Å². The van der Waals surface area contributed by atoms with Crippen LogP contribution in [0, 0.1) is 11.3 Å². The summed E-state index contributed by atoms with van der Waals surface area (Å²) in [7, 11) is 1.50. The van der Waals surface area contributed by atoms with Crippen LogP contribution in [0.25, 0.3) is 0 Å². The van der Waals surface area contributed by atoms with Gasteiger partial charge in [0.05, 0.1) is 19.3 Å². The summed E-state index contributed by atoms with van der Waals surface area (Å²) < 4.78 is 10.4. The monoisotopic (exact) mass is 206 g/mol. The Morgan fingerprint density at radius 2 is 2.67 bits per heavy atom. The van der Waals surface area contributed by atoms with E-state index in [1.165, 1.54) is 13.2 Å². The van der Waals surface area contributed by atoms with Gasteiger partial charge in [-0.2, -0.15) is 5.26 Å². The van der Waals surface area contributed by atoms with E-state index in [1.807, 2.05) is 0 Å². The van der Waals surface area contributed by atoms with E-state index in [0.29, 0.717) is 18.9 Å². The Bertz CT molecular complexity index is 392. The molecule has 3 unspecified atom stereocenters. The van der Waals surface area contributed by atoms with Crippen LogP contribution in [0.3, 0.4) is 0 Å². The molecule has 2 heterocycles. The molecule has 2 aliphatic rings. The Morgan fingerprint density at radius 1 is 1.87 bits per heavy atom. The normalized spacial score (nSPS) is 36.9. The van der Waals surface area contributed by atoms with Gasteiger partial charge in [-0.3, -0.25) is 0 Å². The van der Waals surface area contributed by atoms with Gasteiger partial charge in [-0.05, 0) is 0 Å². The second kappa shape index (κ2) is 3.43. The summed E-state index contributed by atoms with van der Waals surface area (Å²) in [5, 5.41) is 8.73. The van der Waals surface area contributed by atoms with E-state index in [-0.39, 0.29) is 6.04 Å². The third-order valence-corrected chi connectivity index (χ3v) is 2.57. The van der Waals surface area contributed by atoms with Crippen LogP contribution >= 0.6 is 0 Å². The standard InChI is InChI=1S/C10H10N2O3/c1-14-9-2-3-10(15-9,4-5-13)12-7-8(12)6-11/h2,4,8H,3,7H2,1H3. The number of rotatable bonds is 3. The molecule has 0 aromatic heterocycles. The van der Waals surface area contributed by atoms with Crippen LogP contribution in [-0.4, -0.2) is 36.3 Å². The van der Waals surface area contributed by atoms with Crippen molar-refractivity contribution >= 4 is 5.94 Å². The summed E-state index contributed by atoms with van der Waals surface area (Å²) in [5.41, 5.74) is -0.854. The zero-order valence-corrected chi connectivity index (χ0v) is 8.27. The van der Waals surface area contributed by atoms with E-state index in [1.54, 1.807) is 16.9 Å². The molecule has 0 aromatic rings. The van der Waals surface area contributed by atoms with Crippen LogP contribution in [0.5, 0.6) is 0 Å². The van der Waals surface area contributed by atoms with Crippen molar-refractivity contribution in [1.82, 2.24) is 4.90 Å². The van der Waals surface area contributed by atoms with Crippen LogP contribution in [0.4, 0.5) is 0 Å². The third kappa shape index (κ3) is 1.50. The summed E-state index contributed by atoms with van der Waals surface area (Å²) in [4.78, 5) is 12.2. The smallest absolute Gasteiger partial charge is 0.276 e. The maximum atomic E-state index is 10.5. The molecule has 1 saturated heterocycles. The molecule has 5 heteroatoms. The average molecular weight is 206 g/mol. The molecule has 2 rings (SSSR count). The molecule has 0 aliphatic carbocycles. The van der Waals surface area contributed by atoms with Crippen molar-refractivity contribution in [3.8, 4) is 6.07 Å². The number of carbonyl (C=O) groups excluding carboxylic acids is 1. The van der Waals surface area contributed by atoms with E-state index >= 15 is 0 Å². The Hall–Kier alpha value is -1.76. The molecule has 0 aromatic carbocycles.